The standard InChI is InChI=1S/C14H28N4O2/c1-16-14(20)12-6-3-4-10-18(12)11-7-13(19)17(2)9-5-8-15/h12H,3-11,15H2,1-2H3,(H,16,20). The molecule has 0 aliphatic carbocycles. The Kier molecular flexibility index (Phi) is 7.54. The highest BCUT2D eigenvalue weighted by Gasteiger charge is 2.28. The number of likely N-dealkylation sites (N-methyl/N-ethyl adjacent to an activating group) is 1. The first kappa shape index (κ1) is 16.9. The maximum absolute atomic E-state index is 12.0. The summed E-state index contributed by atoms with van der Waals surface area (Å²) in [5, 5.41) is 2.71. The molecule has 0 aromatic rings. The molecular weight excluding hydrogens is 256 g/mol. The molecule has 6 nitrogen and oxygen atoms in total. The number of piperidine rings is 1. The van der Waals surface area contributed by atoms with Crippen LogP contribution in [0.15, 0.2) is 0 Å². The fourth-order valence-electron chi connectivity index (χ4n) is 2.61. The molecule has 3 N–H and O–H groups in total. The normalized spacial score (nSPS) is 19.6. The van der Waals surface area contributed by atoms with E-state index in [-0.39, 0.29) is 17.9 Å². The van der Waals surface area contributed by atoms with Crippen LogP contribution in [0.4, 0.5) is 0 Å². The molecule has 116 valence electrons. The van der Waals surface area contributed by atoms with Crippen molar-refractivity contribution in [2.75, 3.05) is 40.3 Å². The van der Waals surface area contributed by atoms with E-state index < -0.39 is 0 Å². The summed E-state index contributed by atoms with van der Waals surface area (Å²) < 4.78 is 0. The molecule has 1 rings (SSSR count). The van der Waals surface area contributed by atoms with Crippen molar-refractivity contribution in [1.29, 1.82) is 0 Å². The van der Waals surface area contributed by atoms with Crippen molar-refractivity contribution >= 4 is 11.8 Å². The topological polar surface area (TPSA) is 78.7 Å². The van der Waals surface area contributed by atoms with Gasteiger partial charge in [0.15, 0.2) is 0 Å². The molecule has 1 saturated heterocycles. The second-order valence-corrected chi connectivity index (χ2v) is 5.37. The summed E-state index contributed by atoms with van der Waals surface area (Å²) in [5.74, 6) is 0.188. The van der Waals surface area contributed by atoms with Crippen molar-refractivity contribution in [3.8, 4) is 0 Å². The van der Waals surface area contributed by atoms with Crippen LogP contribution in [-0.4, -0.2) is 67.9 Å². The van der Waals surface area contributed by atoms with Crippen LogP contribution in [0.5, 0.6) is 0 Å². The maximum atomic E-state index is 12.0. The van der Waals surface area contributed by atoms with E-state index >= 15 is 0 Å². The smallest absolute Gasteiger partial charge is 0.237 e. The Hall–Kier alpha value is -1.14. The summed E-state index contributed by atoms with van der Waals surface area (Å²) in [6.07, 6.45) is 4.36. The minimum Gasteiger partial charge on any atom is -0.358 e. The number of nitrogens with two attached hydrogens (primary N) is 1. The van der Waals surface area contributed by atoms with E-state index in [0.717, 1.165) is 32.2 Å². The molecule has 1 fully saturated rings. The molecule has 2 amide bonds. The van der Waals surface area contributed by atoms with E-state index in [0.29, 0.717) is 26.1 Å². The Balaban J connectivity index is 2.41. The number of carbonyl (C=O) groups is 2. The lowest BCUT2D eigenvalue weighted by Gasteiger charge is -2.34. The summed E-state index contributed by atoms with van der Waals surface area (Å²) in [4.78, 5) is 27.7. The quantitative estimate of drug-likeness (QED) is 0.678. The number of rotatable bonds is 7. The van der Waals surface area contributed by atoms with Gasteiger partial charge in [-0.25, -0.2) is 0 Å². The molecule has 1 unspecified atom stereocenters. The van der Waals surface area contributed by atoms with E-state index in [4.69, 9.17) is 5.73 Å². The molecule has 0 aromatic heterocycles. The molecule has 0 aromatic carbocycles. The summed E-state index contributed by atoms with van der Waals surface area (Å²) >= 11 is 0. The predicted octanol–water partition coefficient (Wildman–Crippen LogP) is -0.216. The van der Waals surface area contributed by atoms with Crippen LogP contribution in [-0.2, 0) is 9.59 Å². The molecule has 0 radical (unpaired) electrons. The number of nitrogens with one attached hydrogen (secondary N) is 1. The van der Waals surface area contributed by atoms with Crippen LogP contribution in [0.3, 0.4) is 0 Å². The van der Waals surface area contributed by atoms with Gasteiger partial charge < -0.3 is 16.0 Å². The molecule has 0 spiro atoms. The van der Waals surface area contributed by atoms with Gasteiger partial charge in [-0.15, -0.1) is 0 Å². The number of hydrogen-bond acceptors (Lipinski definition) is 4. The Morgan fingerprint density at radius 2 is 2.15 bits per heavy atom. The highest BCUT2D eigenvalue weighted by Crippen LogP contribution is 2.17. The third-order valence-corrected chi connectivity index (χ3v) is 3.90. The lowest BCUT2D eigenvalue weighted by molar-refractivity contribution is -0.132. The highest BCUT2D eigenvalue weighted by molar-refractivity contribution is 5.81. The highest BCUT2D eigenvalue weighted by atomic mass is 16.2. The molecule has 6 heteroatoms. The van der Waals surface area contributed by atoms with Crippen LogP contribution in [0.1, 0.15) is 32.1 Å². The number of amides is 2. The first-order valence-electron chi connectivity index (χ1n) is 7.49. The molecular formula is C14H28N4O2. The van der Waals surface area contributed by atoms with Crippen LogP contribution in [0, 0.1) is 0 Å². The zero-order chi connectivity index (χ0) is 15.0. The van der Waals surface area contributed by atoms with Gasteiger partial charge in [-0.05, 0) is 32.4 Å². The lowest BCUT2D eigenvalue weighted by atomic mass is 10.0. The van der Waals surface area contributed by atoms with Gasteiger partial charge >= 0.3 is 0 Å². The first-order chi connectivity index (χ1) is 9.60. The third-order valence-electron chi connectivity index (χ3n) is 3.90. The predicted molar refractivity (Wildman–Crippen MR) is 79.2 cm³/mol. The van der Waals surface area contributed by atoms with Gasteiger partial charge in [0.1, 0.15) is 0 Å². The summed E-state index contributed by atoms with van der Waals surface area (Å²) in [5.41, 5.74) is 5.44. The lowest BCUT2D eigenvalue weighted by Crippen LogP contribution is -2.49. The molecule has 1 aliphatic heterocycles. The fourth-order valence-corrected chi connectivity index (χ4v) is 2.61. The molecule has 0 bridgehead atoms. The van der Waals surface area contributed by atoms with Crippen LogP contribution >= 0.6 is 0 Å². The van der Waals surface area contributed by atoms with Gasteiger partial charge in [-0.3, -0.25) is 14.5 Å². The SMILES string of the molecule is CNC(=O)C1CCCCN1CCC(=O)N(C)CCCN. The van der Waals surface area contributed by atoms with Gasteiger partial charge in [0.25, 0.3) is 0 Å². The maximum Gasteiger partial charge on any atom is 0.237 e. The number of nitrogens with zero attached hydrogens (tertiary/aromatic N) is 2. The van der Waals surface area contributed by atoms with E-state index in [1.807, 2.05) is 7.05 Å². The summed E-state index contributed by atoms with van der Waals surface area (Å²) in [6, 6.07) is -0.0732. The zero-order valence-electron chi connectivity index (χ0n) is 12.7. The van der Waals surface area contributed by atoms with E-state index in [2.05, 4.69) is 10.2 Å². The Morgan fingerprint density at radius 3 is 2.80 bits per heavy atom. The van der Waals surface area contributed by atoms with E-state index in [1.54, 1.807) is 11.9 Å². The van der Waals surface area contributed by atoms with Crippen molar-refractivity contribution in [2.45, 2.75) is 38.1 Å². The summed E-state index contributed by atoms with van der Waals surface area (Å²) in [7, 11) is 3.48. The Bertz CT molecular complexity index is 322. The largest absolute Gasteiger partial charge is 0.358 e. The van der Waals surface area contributed by atoms with Gasteiger partial charge in [-0.1, -0.05) is 6.42 Å². The molecule has 1 aliphatic rings. The minimum atomic E-state index is -0.0732. The van der Waals surface area contributed by atoms with Crippen LogP contribution < -0.4 is 11.1 Å². The molecule has 1 atom stereocenters. The number of likely N-dealkylation sites (tertiary alicyclic amines) is 1. The number of carbonyl (C=O) groups excluding carboxylic acids is 2. The monoisotopic (exact) mass is 284 g/mol. The number of hydrogen-bond donors (Lipinski definition) is 2. The van der Waals surface area contributed by atoms with E-state index in [1.165, 1.54) is 0 Å². The second kappa shape index (κ2) is 8.92. The Morgan fingerprint density at radius 1 is 1.40 bits per heavy atom. The van der Waals surface area contributed by atoms with Crippen LogP contribution in [0.2, 0.25) is 0 Å². The first-order valence-corrected chi connectivity index (χ1v) is 7.49. The second-order valence-electron chi connectivity index (χ2n) is 5.37. The van der Waals surface area contributed by atoms with Crippen molar-refractivity contribution in [2.24, 2.45) is 5.73 Å². The fraction of sp³-hybridized carbons (Fsp3) is 0.857. The Labute approximate surface area is 121 Å². The van der Waals surface area contributed by atoms with Gasteiger partial charge in [0, 0.05) is 33.6 Å². The van der Waals surface area contributed by atoms with Gasteiger partial charge in [-0.2, -0.15) is 0 Å². The zero-order valence-corrected chi connectivity index (χ0v) is 12.7. The van der Waals surface area contributed by atoms with Gasteiger partial charge in [0.05, 0.1) is 6.04 Å². The minimum absolute atomic E-state index is 0.0636. The van der Waals surface area contributed by atoms with Gasteiger partial charge in [0.2, 0.25) is 11.8 Å². The van der Waals surface area contributed by atoms with Crippen molar-refractivity contribution in [3.63, 3.8) is 0 Å². The van der Waals surface area contributed by atoms with Crippen molar-refractivity contribution in [3.05, 3.63) is 0 Å². The summed E-state index contributed by atoms with van der Waals surface area (Å²) in [6.45, 7) is 2.86. The van der Waals surface area contributed by atoms with Crippen molar-refractivity contribution < 1.29 is 9.59 Å². The third kappa shape index (κ3) is 5.09. The average Bonchev–Trinajstić information content (AvgIpc) is 2.49. The molecule has 20 heavy (non-hydrogen) atoms. The van der Waals surface area contributed by atoms with Crippen molar-refractivity contribution in [1.82, 2.24) is 15.1 Å². The molecule has 0 saturated carbocycles. The average molecular weight is 284 g/mol. The van der Waals surface area contributed by atoms with E-state index in [9.17, 15) is 9.59 Å². The molecule has 1 heterocycles. The van der Waals surface area contributed by atoms with Crippen LogP contribution in [0.25, 0.3) is 0 Å².